The Morgan fingerprint density at radius 2 is 2.06 bits per heavy atom. The molecule has 0 radical (unpaired) electrons. The van der Waals surface area contributed by atoms with Crippen molar-refractivity contribution < 1.29 is 18.7 Å². The Morgan fingerprint density at radius 3 is 2.53 bits per heavy atom. The Hall–Kier alpha value is -1.45. The molecule has 1 aromatic carbocycles. The largest absolute Gasteiger partial charge is 0.481 e. The van der Waals surface area contributed by atoms with Gasteiger partial charge in [-0.2, -0.15) is 0 Å². The molecule has 2 nitrogen and oxygen atoms in total. The highest BCUT2D eigenvalue weighted by Gasteiger charge is 2.29. The van der Waals surface area contributed by atoms with Gasteiger partial charge in [-0.1, -0.05) is 12.1 Å². The average Bonchev–Trinajstić information content (AvgIpc) is 2.15. The number of benzene rings is 1. The molecule has 0 aliphatic rings. The molecule has 1 aromatic rings. The Morgan fingerprint density at radius 1 is 1.47 bits per heavy atom. The van der Waals surface area contributed by atoms with Crippen molar-refractivity contribution in [2.24, 2.45) is 5.41 Å². The fourth-order valence-electron chi connectivity index (χ4n) is 1.73. The highest BCUT2D eigenvalue weighted by molar-refractivity contribution is 5.74. The summed E-state index contributed by atoms with van der Waals surface area (Å²) in [6.07, 6.45) is -1.35. The van der Waals surface area contributed by atoms with Crippen LogP contribution in [0.3, 0.4) is 0 Å². The first kappa shape index (κ1) is 13.6. The monoisotopic (exact) mass is 242 g/mol. The molecule has 0 spiro atoms. The molecule has 0 saturated carbocycles. The lowest BCUT2D eigenvalue weighted by Crippen LogP contribution is -2.27. The molecule has 4 heteroatoms. The van der Waals surface area contributed by atoms with Gasteiger partial charge in [0.05, 0.1) is 5.41 Å². The molecule has 0 amide bonds. The number of halogens is 2. The maximum Gasteiger partial charge on any atom is 0.309 e. The molecule has 1 N–H and O–H groups in total. The Balaban J connectivity index is 3.15. The quantitative estimate of drug-likeness (QED) is 0.877. The molecule has 0 heterocycles. The third-order valence-electron chi connectivity index (χ3n) is 2.75. The van der Waals surface area contributed by atoms with Gasteiger partial charge in [0, 0.05) is 5.56 Å². The molecule has 0 aliphatic heterocycles. The van der Waals surface area contributed by atoms with Crippen LogP contribution in [0.25, 0.3) is 0 Å². The van der Waals surface area contributed by atoms with Crippen LogP contribution in [0, 0.1) is 11.2 Å². The normalized spacial score (nSPS) is 13.5. The molecule has 1 rings (SSSR count). The van der Waals surface area contributed by atoms with Gasteiger partial charge in [-0.3, -0.25) is 4.79 Å². The summed E-state index contributed by atoms with van der Waals surface area (Å²) in [4.78, 5) is 11.0. The van der Waals surface area contributed by atoms with E-state index < -0.39 is 23.4 Å². The van der Waals surface area contributed by atoms with Crippen molar-refractivity contribution in [3.05, 3.63) is 35.1 Å². The topological polar surface area (TPSA) is 37.3 Å². The highest BCUT2D eigenvalue weighted by atomic mass is 19.1. The van der Waals surface area contributed by atoms with E-state index in [2.05, 4.69) is 0 Å². The first-order valence-corrected chi connectivity index (χ1v) is 5.40. The van der Waals surface area contributed by atoms with Crippen LogP contribution in [0.4, 0.5) is 8.78 Å². The maximum atomic E-state index is 13.5. The zero-order valence-corrected chi connectivity index (χ0v) is 10.1. The molecule has 0 fully saturated rings. The minimum absolute atomic E-state index is 0.0400. The van der Waals surface area contributed by atoms with Crippen molar-refractivity contribution in [2.75, 3.05) is 0 Å². The Kier molecular flexibility index (Phi) is 3.86. The lowest BCUT2D eigenvalue weighted by molar-refractivity contribution is -0.146. The van der Waals surface area contributed by atoms with Crippen LogP contribution >= 0.6 is 0 Å². The van der Waals surface area contributed by atoms with E-state index in [4.69, 9.17) is 5.11 Å². The summed E-state index contributed by atoms with van der Waals surface area (Å²) in [6, 6.07) is 4.22. The lowest BCUT2D eigenvalue weighted by Gasteiger charge is -2.21. The van der Waals surface area contributed by atoms with Crippen LogP contribution in [-0.2, 0) is 11.2 Å². The van der Waals surface area contributed by atoms with Crippen molar-refractivity contribution >= 4 is 5.97 Å². The van der Waals surface area contributed by atoms with Gasteiger partial charge in [0.1, 0.15) is 12.0 Å². The summed E-state index contributed by atoms with van der Waals surface area (Å²) in [6.45, 7) is 4.31. The number of hydrogen-bond acceptors (Lipinski definition) is 1. The third-order valence-corrected chi connectivity index (χ3v) is 2.75. The number of alkyl halides is 1. The van der Waals surface area contributed by atoms with Crippen molar-refractivity contribution in [3.8, 4) is 0 Å². The predicted molar refractivity (Wildman–Crippen MR) is 61.0 cm³/mol. The summed E-state index contributed by atoms with van der Waals surface area (Å²) in [5, 5.41) is 9.01. The third kappa shape index (κ3) is 3.02. The SMILES string of the molecule is CC(F)c1c(F)cccc1CC(C)(C)C(=O)O. The summed E-state index contributed by atoms with van der Waals surface area (Å²) in [7, 11) is 0. The van der Waals surface area contributed by atoms with E-state index in [9.17, 15) is 13.6 Å². The minimum atomic E-state index is -1.45. The number of carboxylic acid groups (broad SMARTS) is 1. The zero-order valence-electron chi connectivity index (χ0n) is 10.1. The van der Waals surface area contributed by atoms with E-state index >= 15 is 0 Å². The van der Waals surface area contributed by atoms with E-state index in [0.717, 1.165) is 0 Å². The predicted octanol–water partition coefficient (Wildman–Crippen LogP) is 3.51. The van der Waals surface area contributed by atoms with Gasteiger partial charge in [0.25, 0.3) is 0 Å². The molecule has 1 atom stereocenters. The average molecular weight is 242 g/mol. The summed E-state index contributed by atoms with van der Waals surface area (Å²) in [5.74, 6) is -1.61. The van der Waals surface area contributed by atoms with Crippen LogP contribution in [-0.4, -0.2) is 11.1 Å². The van der Waals surface area contributed by atoms with Crippen molar-refractivity contribution in [1.29, 1.82) is 0 Å². The number of rotatable bonds is 4. The number of carbonyl (C=O) groups is 1. The fraction of sp³-hybridized carbons (Fsp3) is 0.462. The van der Waals surface area contributed by atoms with Gasteiger partial charge in [0.2, 0.25) is 0 Å². The van der Waals surface area contributed by atoms with Crippen LogP contribution in [0.5, 0.6) is 0 Å². The summed E-state index contributed by atoms with van der Waals surface area (Å²) >= 11 is 0. The second-order valence-electron chi connectivity index (χ2n) is 4.79. The van der Waals surface area contributed by atoms with Crippen LogP contribution < -0.4 is 0 Å². The van der Waals surface area contributed by atoms with Crippen LogP contribution in [0.15, 0.2) is 18.2 Å². The van der Waals surface area contributed by atoms with E-state index in [-0.39, 0.29) is 12.0 Å². The first-order chi connectivity index (χ1) is 7.75. The van der Waals surface area contributed by atoms with Crippen LogP contribution in [0.2, 0.25) is 0 Å². The number of carboxylic acids is 1. The van der Waals surface area contributed by atoms with E-state index in [1.807, 2.05) is 0 Å². The van der Waals surface area contributed by atoms with Gasteiger partial charge in [-0.05, 0) is 38.8 Å². The Bertz CT molecular complexity index is 425. The molecule has 0 bridgehead atoms. The second kappa shape index (κ2) is 4.82. The minimum Gasteiger partial charge on any atom is -0.481 e. The first-order valence-electron chi connectivity index (χ1n) is 5.40. The molecular weight excluding hydrogens is 226 g/mol. The van der Waals surface area contributed by atoms with E-state index in [1.54, 1.807) is 6.07 Å². The number of aliphatic carboxylic acids is 1. The molecular formula is C13H16F2O2. The molecule has 0 saturated heterocycles. The summed E-state index contributed by atoms with van der Waals surface area (Å²) < 4.78 is 26.8. The lowest BCUT2D eigenvalue weighted by atomic mass is 9.83. The molecule has 17 heavy (non-hydrogen) atoms. The Labute approximate surface area is 99.3 Å². The standard InChI is InChI=1S/C13H16F2O2/c1-8(14)11-9(5-4-6-10(11)15)7-13(2,3)12(16)17/h4-6,8H,7H2,1-3H3,(H,16,17). The maximum absolute atomic E-state index is 13.5. The smallest absolute Gasteiger partial charge is 0.309 e. The van der Waals surface area contributed by atoms with Gasteiger partial charge in [0.15, 0.2) is 0 Å². The van der Waals surface area contributed by atoms with Crippen molar-refractivity contribution in [3.63, 3.8) is 0 Å². The van der Waals surface area contributed by atoms with Crippen LogP contribution in [0.1, 0.15) is 38.1 Å². The zero-order chi connectivity index (χ0) is 13.2. The second-order valence-corrected chi connectivity index (χ2v) is 4.79. The highest BCUT2D eigenvalue weighted by Crippen LogP contribution is 2.30. The molecule has 94 valence electrons. The molecule has 0 aliphatic carbocycles. The molecule has 0 aromatic heterocycles. The fourth-order valence-corrected chi connectivity index (χ4v) is 1.73. The van der Waals surface area contributed by atoms with Gasteiger partial charge in [-0.25, -0.2) is 8.78 Å². The van der Waals surface area contributed by atoms with E-state index in [0.29, 0.717) is 5.56 Å². The number of hydrogen-bond donors (Lipinski definition) is 1. The van der Waals surface area contributed by atoms with Crippen molar-refractivity contribution in [1.82, 2.24) is 0 Å². The molecule has 1 unspecified atom stereocenters. The van der Waals surface area contributed by atoms with Gasteiger partial charge in [-0.15, -0.1) is 0 Å². The summed E-state index contributed by atoms with van der Waals surface area (Å²) in [5.41, 5.74) is -0.675. The van der Waals surface area contributed by atoms with Crippen molar-refractivity contribution in [2.45, 2.75) is 33.4 Å². The van der Waals surface area contributed by atoms with Gasteiger partial charge >= 0.3 is 5.97 Å². The van der Waals surface area contributed by atoms with Gasteiger partial charge < -0.3 is 5.11 Å². The van der Waals surface area contributed by atoms with E-state index in [1.165, 1.54) is 32.9 Å².